The van der Waals surface area contributed by atoms with Crippen LogP contribution in [0.4, 0.5) is 5.69 Å². The first-order valence-electron chi connectivity index (χ1n) is 6.39. The molecule has 1 amide bonds. The Morgan fingerprint density at radius 3 is 2.57 bits per heavy atom. The molecule has 0 aliphatic carbocycles. The Morgan fingerprint density at radius 1 is 1.29 bits per heavy atom. The summed E-state index contributed by atoms with van der Waals surface area (Å²) in [5.41, 5.74) is 6.45. The van der Waals surface area contributed by atoms with Gasteiger partial charge in [-0.3, -0.25) is 9.59 Å². The molecule has 0 saturated heterocycles. The molecule has 0 saturated carbocycles. The van der Waals surface area contributed by atoms with Crippen molar-refractivity contribution in [3.05, 3.63) is 28.8 Å². The van der Waals surface area contributed by atoms with E-state index in [1.54, 1.807) is 19.2 Å². The molecule has 21 heavy (non-hydrogen) atoms. The highest BCUT2D eigenvalue weighted by Gasteiger charge is 2.17. The molecule has 0 aromatic heterocycles. The lowest BCUT2D eigenvalue weighted by Gasteiger charge is -2.22. The van der Waals surface area contributed by atoms with Crippen LogP contribution in [0.3, 0.4) is 0 Å². The van der Waals surface area contributed by atoms with E-state index in [0.717, 1.165) is 0 Å². The quantitative estimate of drug-likeness (QED) is 0.610. The molecule has 0 atom stereocenters. The fraction of sp³-hybridized carbons (Fsp3) is 0.429. The molecule has 0 aliphatic rings. The van der Waals surface area contributed by atoms with Crippen LogP contribution < -0.4 is 5.73 Å². The van der Waals surface area contributed by atoms with E-state index in [1.807, 2.05) is 0 Å². The molecule has 6 nitrogen and oxygen atoms in total. The fourth-order valence-electron chi connectivity index (χ4n) is 1.70. The van der Waals surface area contributed by atoms with Gasteiger partial charge in [-0.2, -0.15) is 0 Å². The number of nitrogens with two attached hydrogens (primary N) is 1. The lowest BCUT2D eigenvalue weighted by molar-refractivity contribution is -0.140. The molecule has 0 spiro atoms. The molecular formula is C14H19ClN2O4. The summed E-state index contributed by atoms with van der Waals surface area (Å²) >= 11 is 5.84. The maximum Gasteiger partial charge on any atom is 0.307 e. The molecule has 1 aromatic carbocycles. The fourth-order valence-corrected chi connectivity index (χ4v) is 1.82. The van der Waals surface area contributed by atoms with Gasteiger partial charge < -0.3 is 20.1 Å². The standard InChI is InChI=1S/C14H19ClN2O4/c1-20-8-7-17(6-5-13(18)21-2)14(19)10-3-4-11(15)12(16)9-10/h3-4,9H,5-8,16H2,1-2H3. The number of nitrogens with zero attached hydrogens (tertiary/aromatic N) is 1. The summed E-state index contributed by atoms with van der Waals surface area (Å²) in [5.74, 6) is -0.611. The van der Waals surface area contributed by atoms with Crippen LogP contribution in [0, 0.1) is 0 Å². The summed E-state index contributed by atoms with van der Waals surface area (Å²) in [4.78, 5) is 25.2. The highest BCUT2D eigenvalue weighted by Crippen LogP contribution is 2.20. The van der Waals surface area contributed by atoms with E-state index in [1.165, 1.54) is 18.1 Å². The summed E-state index contributed by atoms with van der Waals surface area (Å²) < 4.78 is 9.56. The minimum absolute atomic E-state index is 0.120. The van der Waals surface area contributed by atoms with E-state index in [4.69, 9.17) is 22.1 Å². The van der Waals surface area contributed by atoms with Crippen molar-refractivity contribution in [1.29, 1.82) is 0 Å². The number of esters is 1. The van der Waals surface area contributed by atoms with Crippen LogP contribution in [-0.4, -0.2) is 50.7 Å². The van der Waals surface area contributed by atoms with Crippen molar-refractivity contribution in [2.24, 2.45) is 0 Å². The number of anilines is 1. The highest BCUT2D eigenvalue weighted by molar-refractivity contribution is 6.33. The maximum absolute atomic E-state index is 12.4. The number of benzene rings is 1. The Balaban J connectivity index is 2.82. The summed E-state index contributed by atoms with van der Waals surface area (Å²) in [6.07, 6.45) is 0.120. The predicted molar refractivity (Wildman–Crippen MR) is 80.3 cm³/mol. The van der Waals surface area contributed by atoms with Gasteiger partial charge in [-0.05, 0) is 18.2 Å². The van der Waals surface area contributed by atoms with Crippen LogP contribution >= 0.6 is 11.6 Å². The number of amides is 1. The van der Waals surface area contributed by atoms with E-state index >= 15 is 0 Å². The van der Waals surface area contributed by atoms with Crippen LogP contribution in [0.5, 0.6) is 0 Å². The molecule has 2 N–H and O–H groups in total. The highest BCUT2D eigenvalue weighted by atomic mass is 35.5. The van der Waals surface area contributed by atoms with Crippen molar-refractivity contribution in [2.75, 3.05) is 39.6 Å². The van der Waals surface area contributed by atoms with Crippen LogP contribution in [0.1, 0.15) is 16.8 Å². The average molecular weight is 315 g/mol. The molecule has 0 aliphatic heterocycles. The minimum Gasteiger partial charge on any atom is -0.469 e. The van der Waals surface area contributed by atoms with Gasteiger partial charge in [-0.1, -0.05) is 11.6 Å². The zero-order valence-electron chi connectivity index (χ0n) is 12.1. The molecular weight excluding hydrogens is 296 g/mol. The van der Waals surface area contributed by atoms with Crippen molar-refractivity contribution in [3.63, 3.8) is 0 Å². The summed E-state index contributed by atoms with van der Waals surface area (Å²) in [6, 6.07) is 4.68. The zero-order valence-corrected chi connectivity index (χ0v) is 12.9. The molecule has 1 aromatic rings. The number of ether oxygens (including phenoxy) is 2. The van der Waals surface area contributed by atoms with Crippen molar-refractivity contribution in [3.8, 4) is 0 Å². The number of rotatable bonds is 7. The van der Waals surface area contributed by atoms with Crippen LogP contribution in [0.25, 0.3) is 0 Å². The van der Waals surface area contributed by atoms with E-state index in [2.05, 4.69) is 4.74 Å². The molecule has 0 radical (unpaired) electrons. The van der Waals surface area contributed by atoms with Crippen LogP contribution in [0.2, 0.25) is 5.02 Å². The Labute approximate surface area is 128 Å². The number of hydrogen-bond acceptors (Lipinski definition) is 5. The minimum atomic E-state index is -0.374. The Kier molecular flexibility index (Phi) is 6.98. The largest absolute Gasteiger partial charge is 0.469 e. The number of carbonyl (C=O) groups excluding carboxylic acids is 2. The molecule has 0 bridgehead atoms. The second kappa shape index (κ2) is 8.49. The van der Waals surface area contributed by atoms with Gasteiger partial charge in [0, 0.05) is 25.8 Å². The number of hydrogen-bond donors (Lipinski definition) is 1. The van der Waals surface area contributed by atoms with Crippen molar-refractivity contribution >= 4 is 29.2 Å². The van der Waals surface area contributed by atoms with Crippen LogP contribution in [-0.2, 0) is 14.3 Å². The van der Waals surface area contributed by atoms with Gasteiger partial charge in [-0.15, -0.1) is 0 Å². The summed E-state index contributed by atoms with van der Waals surface area (Å²) in [7, 11) is 2.85. The Bertz CT molecular complexity index is 508. The maximum atomic E-state index is 12.4. The molecule has 116 valence electrons. The first-order chi connectivity index (χ1) is 9.99. The van der Waals surface area contributed by atoms with Gasteiger partial charge in [0.15, 0.2) is 0 Å². The van der Waals surface area contributed by atoms with E-state index in [0.29, 0.717) is 29.4 Å². The first kappa shape index (κ1) is 17.3. The van der Waals surface area contributed by atoms with Gasteiger partial charge in [0.1, 0.15) is 0 Å². The number of carbonyl (C=O) groups is 2. The number of halogens is 1. The number of methoxy groups -OCH3 is 2. The van der Waals surface area contributed by atoms with E-state index < -0.39 is 0 Å². The molecule has 0 heterocycles. The van der Waals surface area contributed by atoms with Gasteiger partial charge in [0.05, 0.1) is 30.8 Å². The van der Waals surface area contributed by atoms with E-state index in [9.17, 15) is 9.59 Å². The average Bonchev–Trinajstić information content (AvgIpc) is 2.49. The third-order valence-electron chi connectivity index (χ3n) is 2.91. The topological polar surface area (TPSA) is 81.9 Å². The number of nitrogen functional groups attached to an aromatic ring is 1. The van der Waals surface area contributed by atoms with Gasteiger partial charge in [0.25, 0.3) is 5.91 Å². The van der Waals surface area contributed by atoms with Gasteiger partial charge in [-0.25, -0.2) is 0 Å². The monoisotopic (exact) mass is 314 g/mol. The first-order valence-corrected chi connectivity index (χ1v) is 6.77. The molecule has 0 unspecified atom stereocenters. The third kappa shape index (κ3) is 5.24. The Hall–Kier alpha value is -1.79. The second-order valence-electron chi connectivity index (χ2n) is 4.35. The predicted octanol–water partition coefficient (Wildman–Crippen LogP) is 1.57. The van der Waals surface area contributed by atoms with Crippen molar-refractivity contribution in [2.45, 2.75) is 6.42 Å². The zero-order chi connectivity index (χ0) is 15.8. The Morgan fingerprint density at radius 2 is 2.00 bits per heavy atom. The van der Waals surface area contributed by atoms with Crippen molar-refractivity contribution < 1.29 is 19.1 Å². The summed E-state index contributed by atoms with van der Waals surface area (Å²) in [6.45, 7) is 0.988. The molecule has 1 rings (SSSR count). The SMILES string of the molecule is COCCN(CCC(=O)OC)C(=O)c1ccc(Cl)c(N)c1. The second-order valence-corrected chi connectivity index (χ2v) is 4.75. The van der Waals surface area contributed by atoms with Gasteiger partial charge >= 0.3 is 5.97 Å². The molecule has 7 heteroatoms. The van der Waals surface area contributed by atoms with Crippen molar-refractivity contribution in [1.82, 2.24) is 4.90 Å². The lowest BCUT2D eigenvalue weighted by Crippen LogP contribution is -2.35. The third-order valence-corrected chi connectivity index (χ3v) is 3.25. The smallest absolute Gasteiger partial charge is 0.307 e. The van der Waals surface area contributed by atoms with E-state index in [-0.39, 0.29) is 24.8 Å². The normalized spacial score (nSPS) is 10.2. The van der Waals surface area contributed by atoms with Crippen LogP contribution in [0.15, 0.2) is 18.2 Å². The van der Waals surface area contributed by atoms with Gasteiger partial charge in [0.2, 0.25) is 0 Å². The lowest BCUT2D eigenvalue weighted by atomic mass is 10.1. The molecule has 0 fully saturated rings. The summed E-state index contributed by atoms with van der Waals surface area (Å²) in [5, 5.41) is 0.393.